The molecule has 3 aliphatic rings. The van der Waals surface area contributed by atoms with Crippen LogP contribution in [0.2, 0.25) is 0 Å². The lowest BCUT2D eigenvalue weighted by Gasteiger charge is -2.50. The summed E-state index contributed by atoms with van der Waals surface area (Å²) in [5, 5.41) is 11.9. The minimum atomic E-state index is -3.25. The van der Waals surface area contributed by atoms with Gasteiger partial charge in [0.25, 0.3) is 0 Å². The summed E-state index contributed by atoms with van der Waals surface area (Å²) >= 11 is 0. The van der Waals surface area contributed by atoms with E-state index in [0.717, 1.165) is 58.8 Å². The molecule has 0 radical (unpaired) electrons. The van der Waals surface area contributed by atoms with Crippen LogP contribution in [0.3, 0.4) is 0 Å². The Morgan fingerprint density at radius 1 is 1.11 bits per heavy atom. The monoisotopic (exact) mass is 541 g/mol. The largest absolute Gasteiger partial charge is 0.497 e. The standard InChI is InChI=1S/C28H35N3O6S/c1-4-38(33,34)31-11-9-28(10-12-31)17-30(15-19-5-8-24-25(13-19)37-18-36-24)23(16-32)27-26(28)21-7-6-20(35-3)14-22(21)29(27)2/h5-8,13-14,23,32H,4,9-12,15-18H2,1-3H3/t23-/m0/s1. The third kappa shape index (κ3) is 3.97. The van der Waals surface area contributed by atoms with Gasteiger partial charge in [-0.15, -0.1) is 0 Å². The minimum absolute atomic E-state index is 0.0226. The zero-order valence-corrected chi connectivity index (χ0v) is 23.0. The van der Waals surface area contributed by atoms with E-state index in [0.29, 0.717) is 19.6 Å². The van der Waals surface area contributed by atoms with Crippen molar-refractivity contribution in [2.45, 2.75) is 37.8 Å². The highest BCUT2D eigenvalue weighted by molar-refractivity contribution is 7.89. The number of aromatic nitrogens is 1. The second-order valence-corrected chi connectivity index (χ2v) is 12.8. The first-order chi connectivity index (χ1) is 18.3. The molecular weight excluding hydrogens is 506 g/mol. The molecule has 10 heteroatoms. The Morgan fingerprint density at radius 3 is 2.58 bits per heavy atom. The summed E-state index contributed by atoms with van der Waals surface area (Å²) in [4.78, 5) is 2.35. The van der Waals surface area contributed by atoms with Crippen LogP contribution in [0.1, 0.15) is 42.6 Å². The molecule has 0 saturated carbocycles. The maximum absolute atomic E-state index is 12.7. The van der Waals surface area contributed by atoms with Crippen molar-refractivity contribution >= 4 is 20.9 Å². The van der Waals surface area contributed by atoms with Gasteiger partial charge in [-0.2, -0.15) is 0 Å². The predicted octanol–water partition coefficient (Wildman–Crippen LogP) is 3.15. The molecule has 38 heavy (non-hydrogen) atoms. The van der Waals surface area contributed by atoms with Crippen molar-refractivity contribution in [2.75, 3.05) is 45.9 Å². The van der Waals surface area contributed by atoms with Crippen molar-refractivity contribution in [2.24, 2.45) is 7.05 Å². The van der Waals surface area contributed by atoms with Gasteiger partial charge >= 0.3 is 0 Å². The van der Waals surface area contributed by atoms with Crippen molar-refractivity contribution in [3.8, 4) is 17.2 Å². The minimum Gasteiger partial charge on any atom is -0.497 e. The normalized spacial score (nSPS) is 21.2. The van der Waals surface area contributed by atoms with E-state index in [-0.39, 0.29) is 30.6 Å². The molecule has 0 amide bonds. The van der Waals surface area contributed by atoms with Crippen LogP contribution in [0, 0.1) is 0 Å². The Hall–Kier alpha value is -2.79. The SMILES string of the molecule is CCS(=O)(=O)N1CCC2(CC1)CN(Cc1ccc3c(c1)OCO3)[C@@H](CO)c1c2c2ccc(OC)cc2n1C. The van der Waals surface area contributed by atoms with Gasteiger partial charge in [-0.1, -0.05) is 6.07 Å². The molecule has 1 aromatic heterocycles. The Kier molecular flexibility index (Phi) is 6.33. The molecule has 9 nitrogen and oxygen atoms in total. The summed E-state index contributed by atoms with van der Waals surface area (Å²) in [7, 11) is 0.468. The third-order valence-electron chi connectivity index (χ3n) is 8.68. The number of aliphatic hydroxyl groups is 1. The molecular formula is C28H35N3O6S. The number of rotatable bonds is 6. The number of aliphatic hydroxyl groups excluding tert-OH is 1. The molecule has 204 valence electrons. The first kappa shape index (κ1) is 25.5. The topological polar surface area (TPSA) is 93.5 Å². The maximum atomic E-state index is 12.7. The summed E-state index contributed by atoms with van der Waals surface area (Å²) in [6.07, 6.45) is 1.44. The highest BCUT2D eigenvalue weighted by Crippen LogP contribution is 2.50. The van der Waals surface area contributed by atoms with Gasteiger partial charge in [-0.25, -0.2) is 12.7 Å². The Bertz CT molecular complexity index is 1480. The Balaban J connectivity index is 1.46. The zero-order valence-electron chi connectivity index (χ0n) is 22.1. The second kappa shape index (κ2) is 9.44. The fourth-order valence-electron chi connectivity index (χ4n) is 6.69. The van der Waals surface area contributed by atoms with Crippen LogP contribution in [0.4, 0.5) is 0 Å². The molecule has 0 bridgehead atoms. The highest BCUT2D eigenvalue weighted by atomic mass is 32.2. The van der Waals surface area contributed by atoms with Gasteiger partial charge in [-0.05, 0) is 55.2 Å². The number of aryl methyl sites for hydroxylation is 1. The quantitative estimate of drug-likeness (QED) is 0.513. The van der Waals surface area contributed by atoms with Crippen LogP contribution in [-0.2, 0) is 29.0 Å². The van der Waals surface area contributed by atoms with E-state index < -0.39 is 10.0 Å². The summed E-state index contributed by atoms with van der Waals surface area (Å²) in [5.74, 6) is 2.38. The number of piperidine rings is 1. The summed E-state index contributed by atoms with van der Waals surface area (Å²) in [6, 6.07) is 11.9. The van der Waals surface area contributed by atoms with E-state index in [2.05, 4.69) is 28.6 Å². The predicted molar refractivity (Wildman–Crippen MR) is 144 cm³/mol. The molecule has 0 unspecified atom stereocenters. The number of fused-ring (bicyclic) bond motifs is 5. The van der Waals surface area contributed by atoms with Crippen molar-refractivity contribution < 1.29 is 27.7 Å². The van der Waals surface area contributed by atoms with Crippen molar-refractivity contribution in [3.05, 3.63) is 53.2 Å². The first-order valence-electron chi connectivity index (χ1n) is 13.2. The summed E-state index contributed by atoms with van der Waals surface area (Å²) < 4.78 is 45.9. The van der Waals surface area contributed by atoms with E-state index in [4.69, 9.17) is 14.2 Å². The molecule has 6 rings (SSSR count). The smallest absolute Gasteiger partial charge is 0.231 e. The summed E-state index contributed by atoms with van der Waals surface area (Å²) in [5.41, 5.74) is 4.23. The molecule has 1 spiro atoms. The number of sulfonamides is 1. The van der Waals surface area contributed by atoms with Gasteiger partial charge < -0.3 is 23.9 Å². The lowest BCUT2D eigenvalue weighted by atomic mass is 9.68. The molecule has 1 saturated heterocycles. The molecule has 3 aromatic rings. The van der Waals surface area contributed by atoms with Crippen LogP contribution < -0.4 is 14.2 Å². The summed E-state index contributed by atoms with van der Waals surface area (Å²) in [6.45, 7) is 4.24. The number of ether oxygens (including phenoxy) is 3. The number of nitrogens with zero attached hydrogens (tertiary/aromatic N) is 3. The van der Waals surface area contributed by atoms with Crippen molar-refractivity contribution in [1.29, 1.82) is 0 Å². The van der Waals surface area contributed by atoms with Crippen molar-refractivity contribution in [3.63, 3.8) is 0 Å². The molecule has 1 N–H and O–H groups in total. The number of methoxy groups -OCH3 is 1. The lowest BCUT2D eigenvalue weighted by Crippen LogP contribution is -2.54. The molecule has 4 heterocycles. The van der Waals surface area contributed by atoms with Gasteiger partial charge in [0.1, 0.15) is 5.75 Å². The number of hydrogen-bond donors (Lipinski definition) is 1. The lowest BCUT2D eigenvalue weighted by molar-refractivity contribution is 0.0515. The Morgan fingerprint density at radius 2 is 1.87 bits per heavy atom. The second-order valence-electron chi connectivity index (χ2n) is 10.6. The average Bonchev–Trinajstić information content (AvgIpc) is 3.51. The molecule has 2 aromatic carbocycles. The van der Waals surface area contributed by atoms with Gasteiger partial charge in [0, 0.05) is 55.8 Å². The van der Waals surface area contributed by atoms with Crippen molar-refractivity contribution in [1.82, 2.24) is 13.8 Å². The first-order valence-corrected chi connectivity index (χ1v) is 14.8. The van der Waals surface area contributed by atoms with Gasteiger partial charge in [0.05, 0.1) is 31.0 Å². The zero-order chi connectivity index (χ0) is 26.7. The molecule has 3 aliphatic heterocycles. The van der Waals surface area contributed by atoms with E-state index >= 15 is 0 Å². The maximum Gasteiger partial charge on any atom is 0.231 e. The van der Waals surface area contributed by atoms with Crippen LogP contribution in [0.5, 0.6) is 17.2 Å². The van der Waals surface area contributed by atoms with E-state index in [1.165, 1.54) is 5.56 Å². The Labute approximate surface area is 223 Å². The van der Waals surface area contributed by atoms with E-state index in [1.54, 1.807) is 18.3 Å². The van der Waals surface area contributed by atoms with Crippen LogP contribution in [0.15, 0.2) is 36.4 Å². The molecule has 0 aliphatic carbocycles. The fraction of sp³-hybridized carbons (Fsp3) is 0.500. The van der Waals surface area contributed by atoms with Gasteiger partial charge in [0.2, 0.25) is 16.8 Å². The molecule has 1 fully saturated rings. The van der Waals surface area contributed by atoms with Gasteiger partial charge in [-0.3, -0.25) is 4.90 Å². The number of benzene rings is 2. The van der Waals surface area contributed by atoms with E-state index in [1.807, 2.05) is 24.3 Å². The van der Waals surface area contributed by atoms with E-state index in [9.17, 15) is 13.5 Å². The number of hydrogen-bond acceptors (Lipinski definition) is 7. The fourth-order valence-corrected chi connectivity index (χ4v) is 7.79. The highest BCUT2D eigenvalue weighted by Gasteiger charge is 2.49. The van der Waals surface area contributed by atoms with Crippen LogP contribution >= 0.6 is 0 Å². The van der Waals surface area contributed by atoms with Crippen LogP contribution in [-0.4, -0.2) is 73.2 Å². The third-order valence-corrected chi connectivity index (χ3v) is 10.6. The average molecular weight is 542 g/mol. The van der Waals surface area contributed by atoms with Gasteiger partial charge in [0.15, 0.2) is 11.5 Å². The molecule has 1 atom stereocenters. The van der Waals surface area contributed by atoms with Crippen LogP contribution in [0.25, 0.3) is 10.9 Å².